The van der Waals surface area contributed by atoms with Gasteiger partial charge in [-0.2, -0.15) is 0 Å². The number of hydrogen-bond acceptors (Lipinski definition) is 7. The van der Waals surface area contributed by atoms with E-state index < -0.39 is 24.0 Å². The van der Waals surface area contributed by atoms with E-state index in [4.69, 9.17) is 9.47 Å². The molecule has 38 heavy (non-hydrogen) atoms. The molecule has 2 aromatic rings. The molecule has 2 aromatic carbocycles. The molecule has 0 aliphatic carbocycles. The Labute approximate surface area is 228 Å². The normalized spacial score (nSPS) is 15.4. The summed E-state index contributed by atoms with van der Waals surface area (Å²) < 4.78 is 10.3. The highest BCUT2D eigenvalue weighted by Crippen LogP contribution is 2.27. The van der Waals surface area contributed by atoms with Crippen LogP contribution in [0.5, 0.6) is 0 Å². The molecule has 0 saturated heterocycles. The van der Waals surface area contributed by atoms with Gasteiger partial charge in [0.1, 0.15) is 19.2 Å². The number of ether oxygens (including phenoxy) is 2. The first-order valence-electron chi connectivity index (χ1n) is 12.6. The molecule has 2 atom stereocenters. The van der Waals surface area contributed by atoms with E-state index in [-0.39, 0.29) is 56.9 Å². The Morgan fingerprint density at radius 3 is 2.45 bits per heavy atom. The number of rotatable bonds is 13. The summed E-state index contributed by atoms with van der Waals surface area (Å²) in [5.74, 6) is -2.30. The number of carbonyl (C=O) groups excluding carboxylic acids is 3. The standard InChI is InChI=1S/C28H34N2O7.ClH/c1-2-36-26(32)18-30-24-14-8-6-12-21(24)16-17-22(27(30)33)29-23(28(34)35)13-7-9-15-25(31)37-19-20-10-4-3-5-11-20;/h3-6,8,10-12,14,22-23,29H,2,7,9,13,15-19H2,1H3,(H,34,35);1H/t22-,23-;/m0./s1. The molecule has 206 valence electrons. The van der Waals surface area contributed by atoms with Crippen molar-refractivity contribution in [1.29, 1.82) is 0 Å². The maximum Gasteiger partial charge on any atom is 0.326 e. The zero-order chi connectivity index (χ0) is 26.6. The van der Waals surface area contributed by atoms with Crippen molar-refractivity contribution in [2.75, 3.05) is 18.1 Å². The van der Waals surface area contributed by atoms with Gasteiger partial charge in [0, 0.05) is 12.1 Å². The highest BCUT2D eigenvalue weighted by molar-refractivity contribution is 6.02. The Balaban J connectivity index is 0.00000507. The molecule has 3 rings (SSSR count). The first kappa shape index (κ1) is 30.8. The Hall–Kier alpha value is -3.43. The van der Waals surface area contributed by atoms with Crippen LogP contribution in [0.2, 0.25) is 0 Å². The number of benzene rings is 2. The van der Waals surface area contributed by atoms with E-state index in [0.717, 1.165) is 11.1 Å². The number of aliphatic carboxylic acids is 1. The van der Waals surface area contributed by atoms with Gasteiger partial charge in [-0.3, -0.25) is 29.4 Å². The first-order chi connectivity index (χ1) is 17.9. The number of hydrogen-bond donors (Lipinski definition) is 2. The summed E-state index contributed by atoms with van der Waals surface area (Å²) in [6.07, 6.45) is 2.32. The molecule has 1 amide bonds. The van der Waals surface area contributed by atoms with Crippen LogP contribution in [-0.2, 0) is 41.7 Å². The maximum absolute atomic E-state index is 13.4. The van der Waals surface area contributed by atoms with Crippen molar-refractivity contribution in [3.8, 4) is 0 Å². The zero-order valence-electron chi connectivity index (χ0n) is 21.5. The number of amides is 1. The average molecular weight is 547 g/mol. The van der Waals surface area contributed by atoms with Gasteiger partial charge in [0.15, 0.2) is 0 Å². The van der Waals surface area contributed by atoms with Gasteiger partial charge in [-0.15, -0.1) is 12.4 Å². The van der Waals surface area contributed by atoms with Gasteiger partial charge in [0.05, 0.1) is 12.6 Å². The SMILES string of the molecule is CCOC(=O)CN1C(=O)[C@@H](N[C@@H](CCCCC(=O)OCc2ccccc2)C(=O)O)CCc2ccccc21.Cl. The summed E-state index contributed by atoms with van der Waals surface area (Å²) in [6, 6.07) is 15.0. The fraction of sp³-hybridized carbons (Fsp3) is 0.429. The number of para-hydroxylation sites is 1. The van der Waals surface area contributed by atoms with E-state index in [9.17, 15) is 24.3 Å². The van der Waals surface area contributed by atoms with Crippen molar-refractivity contribution in [2.24, 2.45) is 0 Å². The summed E-state index contributed by atoms with van der Waals surface area (Å²) in [5, 5.41) is 12.8. The first-order valence-corrected chi connectivity index (χ1v) is 12.6. The predicted molar refractivity (Wildman–Crippen MR) is 144 cm³/mol. The molecule has 10 heteroatoms. The molecule has 1 heterocycles. The van der Waals surface area contributed by atoms with Crippen LogP contribution in [0.3, 0.4) is 0 Å². The Kier molecular flexibility index (Phi) is 12.8. The lowest BCUT2D eigenvalue weighted by Gasteiger charge is -2.27. The predicted octanol–water partition coefficient (Wildman–Crippen LogP) is 3.67. The summed E-state index contributed by atoms with van der Waals surface area (Å²) in [6.45, 7) is 1.85. The number of carbonyl (C=O) groups is 4. The van der Waals surface area contributed by atoms with Gasteiger partial charge in [0.25, 0.3) is 0 Å². The molecule has 0 fully saturated rings. The second kappa shape index (κ2) is 15.7. The molecule has 0 radical (unpaired) electrons. The number of unbranched alkanes of at least 4 members (excludes halogenated alkanes) is 1. The van der Waals surface area contributed by atoms with Gasteiger partial charge < -0.3 is 14.6 Å². The largest absolute Gasteiger partial charge is 0.480 e. The fourth-order valence-corrected chi connectivity index (χ4v) is 4.32. The third-order valence-electron chi connectivity index (χ3n) is 6.21. The molecule has 0 aromatic heterocycles. The number of nitrogens with one attached hydrogen (secondary N) is 1. The van der Waals surface area contributed by atoms with Crippen molar-refractivity contribution in [1.82, 2.24) is 5.32 Å². The quantitative estimate of drug-likeness (QED) is 0.288. The van der Waals surface area contributed by atoms with E-state index in [1.54, 1.807) is 19.1 Å². The summed E-state index contributed by atoms with van der Waals surface area (Å²) in [7, 11) is 0. The van der Waals surface area contributed by atoms with Crippen LogP contribution in [0.25, 0.3) is 0 Å². The second-order valence-corrected chi connectivity index (χ2v) is 8.90. The number of anilines is 1. The minimum absolute atomic E-state index is 0. The van der Waals surface area contributed by atoms with E-state index in [0.29, 0.717) is 31.4 Å². The molecule has 0 unspecified atom stereocenters. The van der Waals surface area contributed by atoms with Crippen molar-refractivity contribution >= 4 is 41.9 Å². The van der Waals surface area contributed by atoms with Gasteiger partial charge in [-0.1, -0.05) is 55.0 Å². The number of carboxylic acid groups (broad SMARTS) is 1. The third kappa shape index (κ3) is 9.15. The van der Waals surface area contributed by atoms with E-state index in [2.05, 4.69) is 5.32 Å². The number of halogens is 1. The van der Waals surface area contributed by atoms with Gasteiger partial charge in [-0.05, 0) is 49.8 Å². The topological polar surface area (TPSA) is 122 Å². The number of aryl methyl sites for hydroxylation is 1. The Morgan fingerprint density at radius 1 is 1.03 bits per heavy atom. The summed E-state index contributed by atoms with van der Waals surface area (Å²) in [5.41, 5.74) is 2.44. The lowest BCUT2D eigenvalue weighted by atomic mass is 10.0. The molecule has 0 bridgehead atoms. The molecule has 1 aliphatic heterocycles. The highest BCUT2D eigenvalue weighted by atomic mass is 35.5. The number of nitrogens with zero attached hydrogens (tertiary/aromatic N) is 1. The van der Waals surface area contributed by atoms with Crippen LogP contribution in [0.4, 0.5) is 5.69 Å². The maximum atomic E-state index is 13.4. The molecular formula is C28H35ClN2O7. The molecule has 0 saturated carbocycles. The van der Waals surface area contributed by atoms with E-state index >= 15 is 0 Å². The summed E-state index contributed by atoms with van der Waals surface area (Å²) in [4.78, 5) is 51.0. The van der Waals surface area contributed by atoms with Gasteiger partial charge >= 0.3 is 17.9 Å². The lowest BCUT2D eigenvalue weighted by Crippen LogP contribution is -2.52. The minimum atomic E-state index is -1.07. The minimum Gasteiger partial charge on any atom is -0.480 e. The monoisotopic (exact) mass is 546 g/mol. The highest BCUT2D eigenvalue weighted by Gasteiger charge is 2.34. The van der Waals surface area contributed by atoms with Crippen molar-refractivity contribution in [3.63, 3.8) is 0 Å². The van der Waals surface area contributed by atoms with Crippen LogP contribution in [0, 0.1) is 0 Å². The second-order valence-electron chi connectivity index (χ2n) is 8.90. The lowest BCUT2D eigenvalue weighted by molar-refractivity contribution is -0.145. The zero-order valence-corrected chi connectivity index (χ0v) is 22.3. The van der Waals surface area contributed by atoms with Crippen molar-refractivity contribution < 1.29 is 33.8 Å². The molecule has 9 nitrogen and oxygen atoms in total. The van der Waals surface area contributed by atoms with E-state index in [1.807, 2.05) is 42.5 Å². The van der Waals surface area contributed by atoms with Gasteiger partial charge in [-0.25, -0.2) is 0 Å². The molecule has 1 aliphatic rings. The Bertz CT molecular complexity index is 1080. The third-order valence-corrected chi connectivity index (χ3v) is 6.21. The number of carboxylic acids is 1. The van der Waals surface area contributed by atoms with Crippen LogP contribution in [0.1, 0.15) is 50.2 Å². The average Bonchev–Trinajstić information content (AvgIpc) is 3.02. The van der Waals surface area contributed by atoms with Crippen molar-refractivity contribution in [3.05, 3.63) is 65.7 Å². The van der Waals surface area contributed by atoms with Crippen LogP contribution in [-0.4, -0.2) is 54.2 Å². The molecular weight excluding hydrogens is 512 g/mol. The van der Waals surface area contributed by atoms with Crippen LogP contribution < -0.4 is 10.2 Å². The Morgan fingerprint density at radius 2 is 1.74 bits per heavy atom. The number of esters is 2. The van der Waals surface area contributed by atoms with Crippen LogP contribution >= 0.6 is 12.4 Å². The van der Waals surface area contributed by atoms with Crippen molar-refractivity contribution in [2.45, 2.75) is 64.1 Å². The van der Waals surface area contributed by atoms with Crippen LogP contribution in [0.15, 0.2) is 54.6 Å². The smallest absolute Gasteiger partial charge is 0.326 e. The molecule has 0 spiro atoms. The fourth-order valence-electron chi connectivity index (χ4n) is 4.32. The summed E-state index contributed by atoms with van der Waals surface area (Å²) >= 11 is 0. The molecule has 2 N–H and O–H groups in total. The van der Waals surface area contributed by atoms with Gasteiger partial charge in [0.2, 0.25) is 5.91 Å². The van der Waals surface area contributed by atoms with E-state index in [1.165, 1.54) is 4.90 Å². The number of fused-ring (bicyclic) bond motifs is 1.